The molecule has 0 heteroatoms. The van der Waals surface area contributed by atoms with Gasteiger partial charge in [-0.2, -0.15) is 0 Å². The average Bonchev–Trinajstić information content (AvgIpc) is 2.35. The van der Waals surface area contributed by atoms with Crippen molar-refractivity contribution >= 4 is 0 Å². The summed E-state index contributed by atoms with van der Waals surface area (Å²) < 4.78 is 0. The van der Waals surface area contributed by atoms with Crippen LogP contribution in [0.4, 0.5) is 0 Å². The van der Waals surface area contributed by atoms with Crippen molar-refractivity contribution in [2.75, 3.05) is 0 Å². The van der Waals surface area contributed by atoms with Gasteiger partial charge in [0, 0.05) is 0 Å². The molecule has 0 aromatic heterocycles. The van der Waals surface area contributed by atoms with Gasteiger partial charge in [0.05, 0.1) is 0 Å². The van der Waals surface area contributed by atoms with E-state index >= 15 is 0 Å². The first-order valence-corrected chi connectivity index (χ1v) is 6.86. The zero-order valence-electron chi connectivity index (χ0n) is 11.3. The van der Waals surface area contributed by atoms with Gasteiger partial charge >= 0.3 is 0 Å². The Morgan fingerprint density at radius 3 is 1.94 bits per heavy atom. The lowest BCUT2D eigenvalue weighted by atomic mass is 10.1. The number of unbranched alkanes of at least 4 members (excludes halogenated alkanes) is 5. The molecule has 0 bridgehead atoms. The zero-order valence-corrected chi connectivity index (χ0v) is 11.3. The van der Waals surface area contributed by atoms with Gasteiger partial charge in [0.1, 0.15) is 0 Å². The second-order valence-electron chi connectivity index (χ2n) is 4.12. The highest BCUT2D eigenvalue weighted by Gasteiger charge is 1.85. The van der Waals surface area contributed by atoms with Crippen molar-refractivity contribution < 1.29 is 0 Å². The minimum atomic E-state index is 0.853. The number of allylic oxidation sites excluding steroid dienone is 8. The normalized spacial score (nSPS) is 12.8. The van der Waals surface area contributed by atoms with Gasteiger partial charge in [0.25, 0.3) is 0 Å². The van der Waals surface area contributed by atoms with Crippen LogP contribution >= 0.6 is 0 Å². The third kappa shape index (κ3) is 15.0. The van der Waals surface area contributed by atoms with E-state index in [0.717, 1.165) is 6.42 Å². The predicted octanol–water partition coefficient (Wildman–Crippen LogP) is 5.80. The van der Waals surface area contributed by atoms with Crippen LogP contribution in [0.15, 0.2) is 48.6 Å². The van der Waals surface area contributed by atoms with E-state index in [9.17, 15) is 0 Å². The van der Waals surface area contributed by atoms with Gasteiger partial charge < -0.3 is 0 Å². The Morgan fingerprint density at radius 1 is 0.706 bits per heavy atom. The van der Waals surface area contributed by atoms with Gasteiger partial charge in [0.2, 0.25) is 0 Å². The Kier molecular flexibility index (Phi) is 14.0. The van der Waals surface area contributed by atoms with E-state index < -0.39 is 0 Å². The first-order valence-electron chi connectivity index (χ1n) is 6.86. The van der Waals surface area contributed by atoms with Gasteiger partial charge in [-0.25, -0.2) is 0 Å². The molecule has 0 aromatic rings. The van der Waals surface area contributed by atoms with Crippen molar-refractivity contribution in [3.8, 4) is 0 Å². The van der Waals surface area contributed by atoms with Crippen molar-refractivity contribution in [1.82, 2.24) is 0 Å². The molecule has 0 aliphatic rings. The Morgan fingerprint density at radius 2 is 1.29 bits per heavy atom. The van der Waals surface area contributed by atoms with E-state index in [1.165, 1.54) is 38.5 Å². The summed E-state index contributed by atoms with van der Waals surface area (Å²) in [6, 6.07) is 0. The molecular formula is C17H27. The fourth-order valence-electron chi connectivity index (χ4n) is 1.47. The largest absolute Gasteiger partial charge is 0.0845 e. The van der Waals surface area contributed by atoms with Crippen molar-refractivity contribution in [1.29, 1.82) is 0 Å². The minimum Gasteiger partial charge on any atom is -0.0845 e. The van der Waals surface area contributed by atoms with Crippen molar-refractivity contribution in [3.63, 3.8) is 0 Å². The Bertz CT molecular complexity index is 241. The van der Waals surface area contributed by atoms with Crippen molar-refractivity contribution in [2.45, 2.75) is 51.9 Å². The summed E-state index contributed by atoms with van der Waals surface area (Å²) in [6.07, 6.45) is 25.5. The van der Waals surface area contributed by atoms with Crippen LogP contribution in [0.3, 0.4) is 0 Å². The molecule has 0 unspecified atom stereocenters. The fraction of sp³-hybridized carbons (Fsp3) is 0.471. The molecule has 0 aliphatic heterocycles. The smallest absolute Gasteiger partial charge is 0.0347 e. The number of hydrogen-bond donors (Lipinski definition) is 0. The maximum Gasteiger partial charge on any atom is -0.0347 e. The third-order valence-electron chi connectivity index (χ3n) is 2.47. The Hall–Kier alpha value is -1.04. The second-order valence-corrected chi connectivity index (χ2v) is 4.12. The molecule has 95 valence electrons. The van der Waals surface area contributed by atoms with Crippen LogP contribution in [0.1, 0.15) is 51.9 Å². The summed E-state index contributed by atoms with van der Waals surface area (Å²) in [5.74, 6) is 0. The zero-order chi connectivity index (χ0) is 12.6. The molecular weight excluding hydrogens is 204 g/mol. The topological polar surface area (TPSA) is 0 Å². The molecule has 0 N–H and O–H groups in total. The van der Waals surface area contributed by atoms with E-state index in [-0.39, 0.29) is 0 Å². The summed E-state index contributed by atoms with van der Waals surface area (Å²) in [5.41, 5.74) is 0. The van der Waals surface area contributed by atoms with Crippen LogP contribution < -0.4 is 0 Å². The molecule has 0 aliphatic carbocycles. The average molecular weight is 231 g/mol. The van der Waals surface area contributed by atoms with Gasteiger partial charge in [-0.05, 0) is 26.2 Å². The molecule has 0 fully saturated rings. The molecule has 0 atom stereocenters. The summed E-state index contributed by atoms with van der Waals surface area (Å²) in [7, 11) is 0. The predicted molar refractivity (Wildman–Crippen MR) is 79.9 cm³/mol. The third-order valence-corrected chi connectivity index (χ3v) is 2.47. The highest BCUT2D eigenvalue weighted by atomic mass is 13.9. The monoisotopic (exact) mass is 231 g/mol. The maximum atomic E-state index is 3.73. The summed E-state index contributed by atoms with van der Waals surface area (Å²) in [4.78, 5) is 0. The lowest BCUT2D eigenvalue weighted by Gasteiger charge is -1.95. The summed E-state index contributed by atoms with van der Waals surface area (Å²) in [6.45, 7) is 5.98. The molecule has 0 heterocycles. The van der Waals surface area contributed by atoms with Gasteiger partial charge in [-0.3, -0.25) is 0 Å². The molecule has 0 saturated carbocycles. The molecule has 0 rings (SSSR count). The number of rotatable bonds is 10. The van der Waals surface area contributed by atoms with Crippen LogP contribution in [0, 0.1) is 6.92 Å². The van der Waals surface area contributed by atoms with E-state index in [4.69, 9.17) is 0 Å². The number of hydrogen-bond acceptors (Lipinski definition) is 0. The van der Waals surface area contributed by atoms with Crippen LogP contribution in [0.5, 0.6) is 0 Å². The molecule has 17 heavy (non-hydrogen) atoms. The quantitative estimate of drug-likeness (QED) is 0.329. The van der Waals surface area contributed by atoms with Crippen LogP contribution in [-0.4, -0.2) is 0 Å². The molecule has 0 aromatic carbocycles. The van der Waals surface area contributed by atoms with Gasteiger partial charge in [-0.15, -0.1) is 0 Å². The lowest BCUT2D eigenvalue weighted by molar-refractivity contribution is 0.637. The van der Waals surface area contributed by atoms with Crippen LogP contribution in [0.25, 0.3) is 0 Å². The maximum absolute atomic E-state index is 3.73. The van der Waals surface area contributed by atoms with E-state index in [2.05, 4.69) is 38.2 Å². The fourth-order valence-corrected chi connectivity index (χ4v) is 1.47. The second kappa shape index (κ2) is 15.0. The Balaban J connectivity index is 3.37. The highest BCUT2D eigenvalue weighted by molar-refractivity contribution is 5.15. The minimum absolute atomic E-state index is 0.853. The van der Waals surface area contributed by atoms with E-state index in [0.29, 0.717) is 0 Å². The van der Waals surface area contributed by atoms with Gasteiger partial charge in [0.15, 0.2) is 0 Å². The van der Waals surface area contributed by atoms with Crippen LogP contribution in [-0.2, 0) is 0 Å². The standard InChI is InChI=1S/C17H27/c1-3-5-7-9-11-13-15-17-16-14-12-10-8-6-4-2/h5,7,9,11,13,15-17H,1,3-4,6,8,10,12,14H2,2H3. The summed E-state index contributed by atoms with van der Waals surface area (Å²) >= 11 is 0. The van der Waals surface area contributed by atoms with Crippen LogP contribution in [0.2, 0.25) is 0 Å². The van der Waals surface area contributed by atoms with E-state index in [1.807, 2.05) is 24.3 Å². The first-order chi connectivity index (χ1) is 8.41. The van der Waals surface area contributed by atoms with E-state index in [1.54, 1.807) is 0 Å². The van der Waals surface area contributed by atoms with Gasteiger partial charge in [-0.1, -0.05) is 81.2 Å². The summed E-state index contributed by atoms with van der Waals surface area (Å²) in [5, 5.41) is 0. The molecule has 0 nitrogen and oxygen atoms in total. The Labute approximate surface area is 108 Å². The molecule has 0 saturated heterocycles. The lowest BCUT2D eigenvalue weighted by Crippen LogP contribution is -1.75. The van der Waals surface area contributed by atoms with Crippen molar-refractivity contribution in [3.05, 3.63) is 55.5 Å². The molecule has 1 radical (unpaired) electrons. The molecule has 0 amide bonds. The van der Waals surface area contributed by atoms with Crippen molar-refractivity contribution in [2.24, 2.45) is 0 Å². The highest BCUT2D eigenvalue weighted by Crippen LogP contribution is 2.05. The first kappa shape index (κ1) is 16.0. The molecule has 0 spiro atoms. The SMILES string of the molecule is [CH2]CC=CC=CC=CC=CCCCCCCC.